The number of carbonyl (C=O) groups excluding carboxylic acids is 3. The average Bonchev–Trinajstić information content (AvgIpc) is 3.05. The monoisotopic (exact) mass is 492 g/mol. The summed E-state index contributed by atoms with van der Waals surface area (Å²) in [7, 11) is -3.81. The molecule has 4 amide bonds. The molecule has 0 spiro atoms. The molecule has 9 nitrogen and oxygen atoms in total. The molecule has 0 saturated carbocycles. The van der Waals surface area contributed by atoms with E-state index < -0.39 is 33.4 Å². The van der Waals surface area contributed by atoms with E-state index in [9.17, 15) is 22.8 Å². The highest BCUT2D eigenvalue weighted by atomic mass is 32.2. The summed E-state index contributed by atoms with van der Waals surface area (Å²) in [5, 5.41) is 3.25. The van der Waals surface area contributed by atoms with Gasteiger partial charge in [0.05, 0.1) is 4.90 Å². The Labute approximate surface area is 203 Å². The van der Waals surface area contributed by atoms with Crippen LogP contribution >= 0.6 is 0 Å². The lowest BCUT2D eigenvalue weighted by Gasteiger charge is -2.22. The van der Waals surface area contributed by atoms with Gasteiger partial charge >= 0.3 is 6.03 Å². The average molecular weight is 493 g/mol. The Balaban J connectivity index is 1.46. The third kappa shape index (κ3) is 4.60. The van der Waals surface area contributed by atoms with Gasteiger partial charge in [0.2, 0.25) is 0 Å². The Morgan fingerprint density at radius 1 is 0.914 bits per heavy atom. The first kappa shape index (κ1) is 24.0. The minimum atomic E-state index is -3.81. The number of hydrazine groups is 1. The third-order valence-electron chi connectivity index (χ3n) is 5.94. The number of urea groups is 1. The summed E-state index contributed by atoms with van der Waals surface area (Å²) >= 11 is 0. The standard InChI is InChI=1S/C25H24N4O5S/c1-16-9-14-21(15-17(16)2)35(33,34)28-20-12-10-18(11-13-20)22(30)27-29-23(31)25(3,26-24(29)32)19-7-5-4-6-8-19/h4-15,28H,1-3H3,(H,26,32)(H,27,30). The summed E-state index contributed by atoms with van der Waals surface area (Å²) < 4.78 is 27.8. The molecule has 3 aromatic carbocycles. The zero-order valence-electron chi connectivity index (χ0n) is 19.3. The number of nitrogens with zero attached hydrogens (tertiary/aromatic N) is 1. The van der Waals surface area contributed by atoms with E-state index in [1.165, 1.54) is 30.3 Å². The summed E-state index contributed by atoms with van der Waals surface area (Å²) in [5.74, 6) is -1.32. The molecule has 1 saturated heterocycles. The SMILES string of the molecule is Cc1ccc(S(=O)(=O)Nc2ccc(C(=O)NN3C(=O)NC(C)(c4ccccc4)C3=O)cc2)cc1C. The quantitative estimate of drug-likeness (QED) is 0.456. The lowest BCUT2D eigenvalue weighted by atomic mass is 9.92. The van der Waals surface area contributed by atoms with Crippen molar-refractivity contribution in [2.75, 3.05) is 4.72 Å². The molecule has 0 bridgehead atoms. The molecular formula is C25H24N4O5S. The van der Waals surface area contributed by atoms with Crippen LogP contribution in [0.5, 0.6) is 0 Å². The Morgan fingerprint density at radius 3 is 2.20 bits per heavy atom. The van der Waals surface area contributed by atoms with E-state index in [1.807, 2.05) is 13.8 Å². The fraction of sp³-hybridized carbons (Fsp3) is 0.160. The number of aryl methyl sites for hydroxylation is 2. The lowest BCUT2D eigenvalue weighted by Crippen LogP contribution is -2.47. The van der Waals surface area contributed by atoms with Crippen molar-refractivity contribution in [1.29, 1.82) is 0 Å². The fourth-order valence-corrected chi connectivity index (χ4v) is 4.80. The molecule has 1 heterocycles. The number of hydrogen-bond acceptors (Lipinski definition) is 5. The summed E-state index contributed by atoms with van der Waals surface area (Å²) in [6, 6.07) is 18.4. The molecule has 3 N–H and O–H groups in total. The molecule has 0 radical (unpaired) electrons. The molecule has 1 unspecified atom stereocenters. The lowest BCUT2D eigenvalue weighted by molar-refractivity contribution is -0.132. The molecule has 0 aliphatic carbocycles. The zero-order valence-corrected chi connectivity index (χ0v) is 20.1. The first-order chi connectivity index (χ1) is 16.5. The maximum Gasteiger partial charge on any atom is 0.344 e. The summed E-state index contributed by atoms with van der Waals surface area (Å²) in [6.07, 6.45) is 0. The molecule has 1 aliphatic rings. The van der Waals surface area contributed by atoms with E-state index in [2.05, 4.69) is 15.5 Å². The smallest absolute Gasteiger partial charge is 0.318 e. The van der Waals surface area contributed by atoms with Crippen molar-refractivity contribution >= 4 is 33.6 Å². The Kier molecular flexibility index (Phi) is 6.08. The van der Waals surface area contributed by atoms with Gasteiger partial charge in [0.25, 0.3) is 21.8 Å². The van der Waals surface area contributed by atoms with Gasteiger partial charge < -0.3 is 5.32 Å². The molecule has 4 rings (SSSR count). The molecule has 180 valence electrons. The van der Waals surface area contributed by atoms with Crippen LogP contribution in [-0.2, 0) is 20.4 Å². The summed E-state index contributed by atoms with van der Waals surface area (Å²) in [4.78, 5) is 38.2. The van der Waals surface area contributed by atoms with Crippen LogP contribution in [0.1, 0.15) is 34.0 Å². The van der Waals surface area contributed by atoms with Crippen LogP contribution in [0.2, 0.25) is 0 Å². The van der Waals surface area contributed by atoms with Crippen LogP contribution in [0, 0.1) is 13.8 Å². The van der Waals surface area contributed by atoms with Crippen LogP contribution in [0.3, 0.4) is 0 Å². The number of carbonyl (C=O) groups is 3. The molecule has 1 aliphatic heterocycles. The first-order valence-electron chi connectivity index (χ1n) is 10.7. The number of imide groups is 1. The number of amides is 4. The van der Waals surface area contributed by atoms with Gasteiger partial charge in [0, 0.05) is 11.3 Å². The van der Waals surface area contributed by atoms with Crippen molar-refractivity contribution in [3.05, 3.63) is 95.1 Å². The minimum Gasteiger partial charge on any atom is -0.318 e. The van der Waals surface area contributed by atoms with E-state index in [0.29, 0.717) is 10.6 Å². The number of nitrogens with one attached hydrogen (secondary N) is 3. The number of sulfonamides is 1. The normalized spacial score (nSPS) is 17.7. The molecular weight excluding hydrogens is 468 g/mol. The van der Waals surface area contributed by atoms with E-state index >= 15 is 0 Å². The number of rotatable bonds is 6. The van der Waals surface area contributed by atoms with Gasteiger partial charge in [-0.1, -0.05) is 36.4 Å². The number of hydrogen-bond donors (Lipinski definition) is 3. The second-order valence-corrected chi connectivity index (χ2v) is 10.1. The first-order valence-corrected chi connectivity index (χ1v) is 12.2. The Bertz CT molecular complexity index is 1420. The Morgan fingerprint density at radius 2 is 1.57 bits per heavy atom. The van der Waals surface area contributed by atoms with E-state index in [4.69, 9.17) is 0 Å². The van der Waals surface area contributed by atoms with Crippen molar-refractivity contribution in [2.45, 2.75) is 31.2 Å². The second kappa shape index (κ2) is 8.88. The van der Waals surface area contributed by atoms with Crippen molar-refractivity contribution in [2.24, 2.45) is 0 Å². The number of benzene rings is 3. The van der Waals surface area contributed by atoms with E-state index in [1.54, 1.807) is 49.4 Å². The van der Waals surface area contributed by atoms with Crippen LogP contribution in [0.25, 0.3) is 0 Å². The maximum atomic E-state index is 12.9. The van der Waals surface area contributed by atoms with Gasteiger partial charge in [-0.3, -0.25) is 19.7 Å². The summed E-state index contributed by atoms with van der Waals surface area (Å²) in [6.45, 7) is 5.28. The van der Waals surface area contributed by atoms with Crippen molar-refractivity contribution < 1.29 is 22.8 Å². The fourth-order valence-electron chi connectivity index (χ4n) is 3.66. The van der Waals surface area contributed by atoms with Gasteiger partial charge in [-0.15, -0.1) is 0 Å². The maximum absolute atomic E-state index is 12.9. The highest BCUT2D eigenvalue weighted by Gasteiger charge is 2.50. The molecule has 3 aromatic rings. The van der Waals surface area contributed by atoms with Gasteiger partial charge in [-0.25, -0.2) is 13.2 Å². The van der Waals surface area contributed by atoms with Crippen LogP contribution < -0.4 is 15.5 Å². The van der Waals surface area contributed by atoms with Gasteiger partial charge in [-0.05, 0) is 73.9 Å². The minimum absolute atomic E-state index is 0.127. The van der Waals surface area contributed by atoms with Crippen LogP contribution in [0.15, 0.2) is 77.7 Å². The van der Waals surface area contributed by atoms with Crippen molar-refractivity contribution in [3.8, 4) is 0 Å². The second-order valence-electron chi connectivity index (χ2n) is 8.43. The highest BCUT2D eigenvalue weighted by molar-refractivity contribution is 7.92. The predicted octanol–water partition coefficient (Wildman–Crippen LogP) is 3.22. The predicted molar refractivity (Wildman–Crippen MR) is 130 cm³/mol. The number of anilines is 1. The van der Waals surface area contributed by atoms with E-state index in [0.717, 1.165) is 11.1 Å². The molecule has 1 atom stereocenters. The Hall–Kier alpha value is -4.18. The molecule has 0 aromatic heterocycles. The highest BCUT2D eigenvalue weighted by Crippen LogP contribution is 2.28. The molecule has 35 heavy (non-hydrogen) atoms. The molecule has 1 fully saturated rings. The topological polar surface area (TPSA) is 125 Å². The van der Waals surface area contributed by atoms with Gasteiger partial charge in [-0.2, -0.15) is 5.01 Å². The van der Waals surface area contributed by atoms with Crippen LogP contribution in [0.4, 0.5) is 10.5 Å². The third-order valence-corrected chi connectivity index (χ3v) is 7.32. The largest absolute Gasteiger partial charge is 0.344 e. The van der Waals surface area contributed by atoms with Gasteiger partial charge in [0.1, 0.15) is 5.54 Å². The summed E-state index contributed by atoms with van der Waals surface area (Å²) in [5.41, 5.74) is 3.80. The zero-order chi connectivity index (χ0) is 25.4. The van der Waals surface area contributed by atoms with E-state index in [-0.39, 0.29) is 16.1 Å². The van der Waals surface area contributed by atoms with Crippen molar-refractivity contribution in [3.63, 3.8) is 0 Å². The van der Waals surface area contributed by atoms with Crippen LogP contribution in [-0.4, -0.2) is 31.3 Å². The van der Waals surface area contributed by atoms with Gasteiger partial charge in [0.15, 0.2) is 0 Å². The van der Waals surface area contributed by atoms with Crippen molar-refractivity contribution in [1.82, 2.24) is 15.8 Å². The molecule has 10 heteroatoms.